The first-order valence-electron chi connectivity index (χ1n) is 6.99. The smallest absolute Gasteiger partial charge is 0.193 e. The van der Waals surface area contributed by atoms with Gasteiger partial charge in [-0.3, -0.25) is 4.79 Å². The molecule has 0 saturated heterocycles. The van der Waals surface area contributed by atoms with Crippen LogP contribution in [0.15, 0.2) is 40.9 Å². The van der Waals surface area contributed by atoms with Crippen LogP contribution in [0.4, 0.5) is 0 Å². The van der Waals surface area contributed by atoms with Crippen LogP contribution in [-0.2, 0) is 12.8 Å². The zero-order valence-electron chi connectivity index (χ0n) is 12.2. The van der Waals surface area contributed by atoms with Gasteiger partial charge in [0.2, 0.25) is 0 Å². The Hall–Kier alpha value is -1.41. The number of rotatable bonds is 4. The number of hydrogen-bond acceptors (Lipinski definition) is 1. The van der Waals surface area contributed by atoms with E-state index in [4.69, 9.17) is 0 Å². The van der Waals surface area contributed by atoms with Crippen LogP contribution in [0.5, 0.6) is 0 Å². The highest BCUT2D eigenvalue weighted by atomic mass is 79.9. The fraction of sp³-hybridized carbons (Fsp3) is 0.278. The van der Waals surface area contributed by atoms with Crippen LogP contribution in [0.25, 0.3) is 0 Å². The van der Waals surface area contributed by atoms with Crippen LogP contribution in [0, 0.1) is 6.92 Å². The average molecular weight is 331 g/mol. The topological polar surface area (TPSA) is 17.1 Å². The summed E-state index contributed by atoms with van der Waals surface area (Å²) in [7, 11) is 0. The van der Waals surface area contributed by atoms with Crippen LogP contribution in [-0.4, -0.2) is 5.78 Å². The lowest BCUT2D eigenvalue weighted by Gasteiger charge is -2.10. The molecule has 0 saturated carbocycles. The molecule has 0 radical (unpaired) electrons. The third kappa shape index (κ3) is 3.01. The monoisotopic (exact) mass is 330 g/mol. The van der Waals surface area contributed by atoms with Crippen LogP contribution < -0.4 is 0 Å². The molecule has 2 rings (SSSR count). The van der Waals surface area contributed by atoms with Crippen LogP contribution in [0.3, 0.4) is 0 Å². The van der Waals surface area contributed by atoms with Crippen molar-refractivity contribution in [3.63, 3.8) is 0 Å². The highest BCUT2D eigenvalue weighted by Crippen LogP contribution is 2.22. The highest BCUT2D eigenvalue weighted by molar-refractivity contribution is 9.10. The molecule has 1 nitrogen and oxygen atoms in total. The molecule has 0 aliphatic heterocycles. The normalized spacial score (nSPS) is 10.6. The molecule has 104 valence electrons. The maximum absolute atomic E-state index is 12.7. The Morgan fingerprint density at radius 2 is 1.80 bits per heavy atom. The van der Waals surface area contributed by atoms with Crippen molar-refractivity contribution in [3.8, 4) is 0 Å². The van der Waals surface area contributed by atoms with E-state index in [2.05, 4.69) is 41.9 Å². The van der Waals surface area contributed by atoms with Crippen molar-refractivity contribution >= 4 is 21.7 Å². The molecular formula is C18H19BrO. The third-order valence-corrected chi connectivity index (χ3v) is 4.52. The van der Waals surface area contributed by atoms with E-state index in [1.807, 2.05) is 31.2 Å². The Balaban J connectivity index is 2.48. The second-order valence-corrected chi connectivity index (χ2v) is 5.85. The van der Waals surface area contributed by atoms with Gasteiger partial charge in [-0.25, -0.2) is 0 Å². The molecule has 2 aromatic rings. The van der Waals surface area contributed by atoms with E-state index in [-0.39, 0.29) is 5.78 Å². The van der Waals surface area contributed by atoms with Crippen molar-refractivity contribution in [2.75, 3.05) is 0 Å². The lowest BCUT2D eigenvalue weighted by atomic mass is 9.94. The van der Waals surface area contributed by atoms with Gasteiger partial charge in [-0.05, 0) is 60.7 Å². The summed E-state index contributed by atoms with van der Waals surface area (Å²) >= 11 is 3.47. The minimum atomic E-state index is 0.118. The van der Waals surface area contributed by atoms with Crippen molar-refractivity contribution in [1.82, 2.24) is 0 Å². The van der Waals surface area contributed by atoms with Gasteiger partial charge < -0.3 is 0 Å². The van der Waals surface area contributed by atoms with E-state index in [0.717, 1.165) is 39.6 Å². The number of halogens is 1. The summed E-state index contributed by atoms with van der Waals surface area (Å²) in [6.07, 6.45) is 1.82. The van der Waals surface area contributed by atoms with Gasteiger partial charge in [0.15, 0.2) is 5.78 Å². The molecule has 2 aromatic carbocycles. The SMILES string of the molecule is CCc1ccc(CC)c(C(=O)c2ccc(Br)c(C)c2)c1. The number of ketones is 1. The Bertz CT molecular complexity index is 644. The summed E-state index contributed by atoms with van der Waals surface area (Å²) in [4.78, 5) is 12.7. The molecule has 0 N–H and O–H groups in total. The van der Waals surface area contributed by atoms with E-state index in [1.54, 1.807) is 0 Å². The number of hydrogen-bond donors (Lipinski definition) is 0. The Morgan fingerprint density at radius 3 is 2.40 bits per heavy atom. The number of carbonyl (C=O) groups excluding carboxylic acids is 1. The van der Waals surface area contributed by atoms with Gasteiger partial charge in [-0.1, -0.05) is 41.9 Å². The first kappa shape index (κ1) is 15.0. The average Bonchev–Trinajstić information content (AvgIpc) is 2.48. The van der Waals surface area contributed by atoms with Gasteiger partial charge in [-0.2, -0.15) is 0 Å². The van der Waals surface area contributed by atoms with Crippen molar-refractivity contribution in [3.05, 3.63) is 68.7 Å². The molecule has 0 heterocycles. The first-order chi connectivity index (χ1) is 9.56. The van der Waals surface area contributed by atoms with E-state index < -0.39 is 0 Å². The zero-order chi connectivity index (χ0) is 14.7. The molecule has 20 heavy (non-hydrogen) atoms. The fourth-order valence-electron chi connectivity index (χ4n) is 2.30. The molecule has 0 aromatic heterocycles. The van der Waals surface area contributed by atoms with Gasteiger partial charge in [0.05, 0.1) is 0 Å². The zero-order valence-corrected chi connectivity index (χ0v) is 13.8. The van der Waals surface area contributed by atoms with Gasteiger partial charge >= 0.3 is 0 Å². The molecule has 0 atom stereocenters. The molecule has 0 bridgehead atoms. The van der Waals surface area contributed by atoms with Gasteiger partial charge in [0, 0.05) is 15.6 Å². The molecule has 0 aliphatic rings. The van der Waals surface area contributed by atoms with Crippen molar-refractivity contribution in [2.24, 2.45) is 0 Å². The summed E-state index contributed by atoms with van der Waals surface area (Å²) in [6, 6.07) is 12.0. The Morgan fingerprint density at radius 1 is 1.05 bits per heavy atom. The molecule has 0 aliphatic carbocycles. The predicted octanol–water partition coefficient (Wildman–Crippen LogP) is 5.11. The van der Waals surface area contributed by atoms with Gasteiger partial charge in [0.25, 0.3) is 0 Å². The standard InChI is InChI=1S/C18H19BrO/c1-4-13-6-7-14(5-2)16(11-13)18(20)15-8-9-17(19)12(3)10-15/h6-11H,4-5H2,1-3H3. The van der Waals surface area contributed by atoms with Crippen LogP contribution >= 0.6 is 15.9 Å². The van der Waals surface area contributed by atoms with Gasteiger partial charge in [-0.15, -0.1) is 0 Å². The van der Waals surface area contributed by atoms with Crippen LogP contribution in [0.1, 0.15) is 46.5 Å². The molecular weight excluding hydrogens is 312 g/mol. The second kappa shape index (κ2) is 6.36. The maximum Gasteiger partial charge on any atom is 0.193 e. The lowest BCUT2D eigenvalue weighted by molar-refractivity contribution is 0.103. The second-order valence-electron chi connectivity index (χ2n) is 4.99. The van der Waals surface area contributed by atoms with Crippen LogP contribution in [0.2, 0.25) is 0 Å². The molecule has 0 unspecified atom stereocenters. The summed E-state index contributed by atoms with van der Waals surface area (Å²) in [5, 5.41) is 0. The quantitative estimate of drug-likeness (QED) is 0.711. The largest absolute Gasteiger partial charge is 0.289 e. The Kier molecular flexibility index (Phi) is 4.77. The predicted molar refractivity (Wildman–Crippen MR) is 87.5 cm³/mol. The van der Waals surface area contributed by atoms with E-state index in [9.17, 15) is 4.79 Å². The van der Waals surface area contributed by atoms with E-state index in [0.29, 0.717) is 0 Å². The van der Waals surface area contributed by atoms with Crippen molar-refractivity contribution < 1.29 is 4.79 Å². The summed E-state index contributed by atoms with van der Waals surface area (Å²) in [5.74, 6) is 0.118. The lowest BCUT2D eigenvalue weighted by Crippen LogP contribution is -2.06. The molecule has 2 heteroatoms. The van der Waals surface area contributed by atoms with E-state index in [1.165, 1.54) is 5.56 Å². The minimum Gasteiger partial charge on any atom is -0.289 e. The fourth-order valence-corrected chi connectivity index (χ4v) is 2.55. The summed E-state index contributed by atoms with van der Waals surface area (Å²) in [6.45, 7) is 6.20. The van der Waals surface area contributed by atoms with E-state index >= 15 is 0 Å². The highest BCUT2D eigenvalue weighted by Gasteiger charge is 2.14. The minimum absolute atomic E-state index is 0.118. The first-order valence-corrected chi connectivity index (χ1v) is 7.78. The van der Waals surface area contributed by atoms with Crippen molar-refractivity contribution in [1.29, 1.82) is 0 Å². The summed E-state index contributed by atoms with van der Waals surface area (Å²) in [5.41, 5.74) is 5.01. The number of carbonyl (C=O) groups is 1. The summed E-state index contributed by atoms with van der Waals surface area (Å²) < 4.78 is 1.03. The Labute approximate surface area is 129 Å². The number of benzene rings is 2. The van der Waals surface area contributed by atoms with Crippen molar-refractivity contribution in [2.45, 2.75) is 33.6 Å². The maximum atomic E-state index is 12.7. The molecule has 0 fully saturated rings. The molecule has 0 amide bonds. The number of aryl methyl sites for hydroxylation is 3. The molecule has 0 spiro atoms. The third-order valence-electron chi connectivity index (χ3n) is 3.63. The van der Waals surface area contributed by atoms with Gasteiger partial charge in [0.1, 0.15) is 0 Å².